The summed E-state index contributed by atoms with van der Waals surface area (Å²) in [7, 11) is -3.24. The Kier molecular flexibility index (Phi) is 7.79. The molecule has 0 radical (unpaired) electrons. The van der Waals surface area contributed by atoms with E-state index in [9.17, 15) is 4.79 Å². The summed E-state index contributed by atoms with van der Waals surface area (Å²) in [5.41, 5.74) is 0.0189. The molecule has 3 aliphatic rings. The minimum Gasteiger partial charge on any atom is -0.466 e. The van der Waals surface area contributed by atoms with Crippen LogP contribution in [0.15, 0.2) is 0 Å². The molecule has 0 unspecified atom stereocenters. The fraction of sp³-hybridized carbons (Fsp3) is 0.960. The summed E-state index contributed by atoms with van der Waals surface area (Å²) in [6.45, 7) is 21.5. The van der Waals surface area contributed by atoms with Crippen molar-refractivity contribution in [2.75, 3.05) is 6.61 Å². The largest absolute Gasteiger partial charge is 0.466 e. The number of carbonyl (C=O) groups excluding carboxylic acids is 1. The van der Waals surface area contributed by atoms with E-state index in [1.807, 2.05) is 6.92 Å². The van der Waals surface area contributed by atoms with Crippen LogP contribution in [0.5, 0.6) is 0 Å². The molecular weight excluding hydrogens is 434 g/mol. The average Bonchev–Trinajstić information content (AvgIpc) is 2.95. The van der Waals surface area contributed by atoms with Gasteiger partial charge < -0.3 is 9.16 Å². The molecule has 0 amide bonds. The van der Waals surface area contributed by atoms with E-state index >= 15 is 0 Å². The Morgan fingerprint density at radius 3 is 2.28 bits per heavy atom. The summed E-state index contributed by atoms with van der Waals surface area (Å²) in [6, 6.07) is 1.28. The highest BCUT2D eigenvalue weighted by Gasteiger charge is 2.63. The van der Waals surface area contributed by atoms with Crippen LogP contribution in [0.2, 0.25) is 43.8 Å². The standard InChI is InChI=1S/C25H49NO4Si2/c1-10-28-22(27)17-19-13-11-15-25-16-12-14-20(30-32(8,9)24(2,3)4)23(25)21(29-26(19)25)18-31(5,6)7/h19-21,23H,10-18H2,1-9H3/t19-,20-,21+,23+,25+/m0/s1. The first kappa shape index (κ1) is 26.4. The first-order valence-corrected chi connectivity index (χ1v) is 19.6. The second-order valence-electron chi connectivity index (χ2n) is 13.2. The van der Waals surface area contributed by atoms with E-state index in [0.29, 0.717) is 18.9 Å². The van der Waals surface area contributed by atoms with Crippen LogP contribution >= 0.6 is 0 Å². The van der Waals surface area contributed by atoms with Crippen molar-refractivity contribution in [2.45, 2.75) is 140 Å². The van der Waals surface area contributed by atoms with Gasteiger partial charge in [-0.15, -0.1) is 0 Å². The van der Waals surface area contributed by atoms with E-state index < -0.39 is 16.4 Å². The van der Waals surface area contributed by atoms with Gasteiger partial charge in [-0.1, -0.05) is 40.4 Å². The van der Waals surface area contributed by atoms with Crippen LogP contribution in [0.1, 0.15) is 72.6 Å². The molecule has 7 heteroatoms. The van der Waals surface area contributed by atoms with Gasteiger partial charge in [-0.2, -0.15) is 5.06 Å². The Morgan fingerprint density at radius 2 is 1.72 bits per heavy atom. The molecule has 2 aliphatic heterocycles. The summed E-state index contributed by atoms with van der Waals surface area (Å²) < 4.78 is 12.5. The molecular formula is C25H49NO4Si2. The van der Waals surface area contributed by atoms with Gasteiger partial charge in [0.05, 0.1) is 30.8 Å². The second kappa shape index (κ2) is 9.44. The summed E-state index contributed by atoms with van der Waals surface area (Å²) in [4.78, 5) is 19.3. The Labute approximate surface area is 199 Å². The van der Waals surface area contributed by atoms with Gasteiger partial charge >= 0.3 is 5.97 Å². The Bertz CT molecular complexity index is 668. The lowest BCUT2D eigenvalue weighted by Gasteiger charge is -2.53. The van der Waals surface area contributed by atoms with E-state index in [2.05, 4.69) is 58.6 Å². The fourth-order valence-electron chi connectivity index (χ4n) is 6.13. The van der Waals surface area contributed by atoms with Gasteiger partial charge in [-0.05, 0) is 69.6 Å². The van der Waals surface area contributed by atoms with E-state index in [0.717, 1.165) is 38.1 Å². The topological polar surface area (TPSA) is 48.0 Å². The smallest absolute Gasteiger partial charge is 0.307 e. The van der Waals surface area contributed by atoms with Gasteiger partial charge in [-0.3, -0.25) is 9.63 Å². The molecule has 3 fully saturated rings. The number of piperidine rings is 1. The van der Waals surface area contributed by atoms with Crippen LogP contribution in [0.4, 0.5) is 0 Å². The van der Waals surface area contributed by atoms with Crippen LogP contribution < -0.4 is 0 Å². The number of esters is 1. The molecule has 0 aromatic carbocycles. The van der Waals surface area contributed by atoms with Crippen LogP contribution in [0.25, 0.3) is 0 Å². The third-order valence-electron chi connectivity index (χ3n) is 8.46. The highest BCUT2D eigenvalue weighted by Crippen LogP contribution is 2.56. The van der Waals surface area contributed by atoms with Gasteiger partial charge in [-0.25, -0.2) is 0 Å². The molecule has 5 nitrogen and oxygen atoms in total. The molecule has 0 aromatic heterocycles. The van der Waals surface area contributed by atoms with Gasteiger partial charge in [0, 0.05) is 20.0 Å². The number of hydroxylamine groups is 2. The van der Waals surface area contributed by atoms with Crippen LogP contribution in [0.3, 0.4) is 0 Å². The molecule has 32 heavy (non-hydrogen) atoms. The van der Waals surface area contributed by atoms with E-state index in [4.69, 9.17) is 14.0 Å². The molecule has 0 N–H and O–H groups in total. The van der Waals surface area contributed by atoms with Crippen LogP contribution in [-0.4, -0.2) is 57.8 Å². The third kappa shape index (κ3) is 5.37. The van der Waals surface area contributed by atoms with Gasteiger partial charge in [0.2, 0.25) is 0 Å². The number of nitrogens with zero attached hydrogens (tertiary/aromatic N) is 1. The van der Waals surface area contributed by atoms with Crippen molar-refractivity contribution >= 4 is 22.4 Å². The van der Waals surface area contributed by atoms with Crippen molar-refractivity contribution in [3.05, 3.63) is 0 Å². The molecule has 3 rings (SSSR count). The maximum Gasteiger partial charge on any atom is 0.307 e. The quantitative estimate of drug-likeness (QED) is 0.311. The summed E-state index contributed by atoms with van der Waals surface area (Å²) in [5.74, 6) is 0.315. The number of carbonyl (C=O) groups is 1. The average molecular weight is 484 g/mol. The van der Waals surface area contributed by atoms with Crippen LogP contribution in [0, 0.1) is 5.92 Å². The molecule has 0 aromatic rings. The maximum absolute atomic E-state index is 12.4. The lowest BCUT2D eigenvalue weighted by molar-refractivity contribution is -0.231. The van der Waals surface area contributed by atoms with Gasteiger partial charge in [0.25, 0.3) is 0 Å². The molecule has 1 saturated carbocycles. The molecule has 1 spiro atoms. The monoisotopic (exact) mass is 483 g/mol. The summed E-state index contributed by atoms with van der Waals surface area (Å²) in [5, 5.41) is 2.52. The van der Waals surface area contributed by atoms with Crippen molar-refractivity contribution in [2.24, 2.45) is 5.92 Å². The molecule has 2 heterocycles. The van der Waals surface area contributed by atoms with Crippen LogP contribution in [-0.2, 0) is 18.8 Å². The minimum absolute atomic E-state index is 0.0189. The number of hydrogen-bond acceptors (Lipinski definition) is 5. The predicted octanol–water partition coefficient (Wildman–Crippen LogP) is 6.38. The molecule has 2 saturated heterocycles. The number of hydrogen-bond donors (Lipinski definition) is 0. The second-order valence-corrected chi connectivity index (χ2v) is 23.5. The van der Waals surface area contributed by atoms with Gasteiger partial charge in [0.1, 0.15) is 0 Å². The molecule has 0 bridgehead atoms. The highest BCUT2D eigenvalue weighted by atomic mass is 28.4. The third-order valence-corrected chi connectivity index (χ3v) is 14.6. The highest BCUT2D eigenvalue weighted by molar-refractivity contribution is 6.76. The zero-order chi connectivity index (χ0) is 23.9. The Balaban J connectivity index is 1.94. The summed E-state index contributed by atoms with van der Waals surface area (Å²) in [6.07, 6.45) is 7.73. The maximum atomic E-state index is 12.4. The fourth-order valence-corrected chi connectivity index (χ4v) is 9.04. The minimum atomic E-state index is -1.89. The number of ether oxygens (including phenoxy) is 1. The lowest BCUT2D eigenvalue weighted by atomic mass is 9.65. The Morgan fingerprint density at radius 1 is 1.09 bits per heavy atom. The predicted molar refractivity (Wildman–Crippen MR) is 136 cm³/mol. The zero-order valence-electron chi connectivity index (χ0n) is 22.3. The first-order valence-electron chi connectivity index (χ1n) is 13.0. The van der Waals surface area contributed by atoms with Gasteiger partial charge in [0.15, 0.2) is 8.32 Å². The van der Waals surface area contributed by atoms with E-state index in [1.165, 1.54) is 6.42 Å². The SMILES string of the molecule is CCOC(=O)C[C@@H]1CCC[C@@]23CCC[C@H](O[Si](C)(C)C(C)(C)C)[C@@H]2[C@@H](C[Si](C)(C)C)ON13. The van der Waals surface area contributed by atoms with E-state index in [1.54, 1.807) is 0 Å². The summed E-state index contributed by atoms with van der Waals surface area (Å²) >= 11 is 0. The van der Waals surface area contributed by atoms with Crippen molar-refractivity contribution in [1.82, 2.24) is 5.06 Å². The molecule has 186 valence electrons. The Hall–Kier alpha value is -0.216. The van der Waals surface area contributed by atoms with Crippen molar-refractivity contribution in [3.63, 3.8) is 0 Å². The lowest BCUT2D eigenvalue weighted by Crippen LogP contribution is -2.61. The molecule has 5 atom stereocenters. The normalized spacial score (nSPS) is 34.2. The van der Waals surface area contributed by atoms with E-state index in [-0.39, 0.29) is 34.8 Å². The zero-order valence-corrected chi connectivity index (χ0v) is 24.3. The molecule has 1 aliphatic carbocycles. The first-order chi connectivity index (χ1) is 14.7. The van der Waals surface area contributed by atoms with Crippen molar-refractivity contribution in [1.29, 1.82) is 0 Å². The van der Waals surface area contributed by atoms with Crippen molar-refractivity contribution < 1.29 is 18.8 Å². The number of rotatable bonds is 7. The van der Waals surface area contributed by atoms with Crippen molar-refractivity contribution in [3.8, 4) is 0 Å².